The number of hydrogen-bond donors (Lipinski definition) is 0. The molecule has 0 aromatic heterocycles. The van der Waals surface area contributed by atoms with Crippen LogP contribution in [0.15, 0.2) is 0 Å². The summed E-state index contributed by atoms with van der Waals surface area (Å²) in [5.74, 6) is 0. The zero-order valence-electron chi connectivity index (χ0n) is 29.6. The minimum absolute atomic E-state index is 0.416. The molecule has 0 heterocycles. The molecular weight excluding hydrogens is 482 g/mol. The molecule has 0 amide bonds. The Morgan fingerprint density at radius 2 is 0.550 bits per heavy atom. The molecule has 0 radical (unpaired) electrons. The van der Waals surface area contributed by atoms with Crippen LogP contribution in [0.4, 0.5) is 0 Å². The van der Waals surface area contributed by atoms with Crippen molar-refractivity contribution in [2.24, 2.45) is 0 Å². The molecular formula is C39H82N+. The number of nitrogens with zero attached hydrogens (tertiary/aromatic N) is 1. The van der Waals surface area contributed by atoms with Gasteiger partial charge in [-0.15, -0.1) is 0 Å². The Labute approximate surface area is 257 Å². The van der Waals surface area contributed by atoms with Crippen LogP contribution in [0.1, 0.15) is 227 Å². The first-order chi connectivity index (χ1) is 19.4. The molecule has 0 unspecified atom stereocenters. The molecule has 0 rings (SSSR count). The van der Waals surface area contributed by atoms with Gasteiger partial charge in [0.15, 0.2) is 0 Å². The van der Waals surface area contributed by atoms with Crippen LogP contribution < -0.4 is 0 Å². The molecule has 0 aliphatic carbocycles. The molecule has 242 valence electrons. The maximum absolute atomic E-state index is 2.63. The van der Waals surface area contributed by atoms with E-state index in [-0.39, 0.29) is 0 Å². The average molecular weight is 565 g/mol. The van der Waals surface area contributed by atoms with Gasteiger partial charge in [0, 0.05) is 6.42 Å². The average Bonchev–Trinajstić information content (AvgIpc) is 2.94. The van der Waals surface area contributed by atoms with Crippen molar-refractivity contribution < 1.29 is 4.48 Å². The lowest BCUT2D eigenvalue weighted by molar-refractivity contribution is -0.956. The van der Waals surface area contributed by atoms with Crippen LogP contribution in [-0.2, 0) is 0 Å². The Hall–Kier alpha value is -0.0400. The molecule has 0 aliphatic rings. The Bertz CT molecular complexity index is 457. The molecule has 0 fully saturated rings. The van der Waals surface area contributed by atoms with Crippen molar-refractivity contribution in [1.29, 1.82) is 0 Å². The molecule has 40 heavy (non-hydrogen) atoms. The van der Waals surface area contributed by atoms with E-state index >= 15 is 0 Å². The summed E-state index contributed by atoms with van der Waals surface area (Å²) in [4.78, 5) is 0. The quantitative estimate of drug-likeness (QED) is 0.0549. The largest absolute Gasteiger partial charge is 0.322 e. The third-order valence-corrected chi connectivity index (χ3v) is 10.4. The maximum Gasteiger partial charge on any atom is 0.0933 e. The van der Waals surface area contributed by atoms with E-state index < -0.39 is 0 Å². The highest BCUT2D eigenvalue weighted by Crippen LogP contribution is 2.31. The van der Waals surface area contributed by atoms with Crippen molar-refractivity contribution in [3.05, 3.63) is 0 Å². The second-order valence-electron chi connectivity index (χ2n) is 14.6. The summed E-state index contributed by atoms with van der Waals surface area (Å²) in [5, 5.41) is 0. The SMILES string of the molecule is CCCCCCCCCCCC[N+](C)(CCCCCCCCCCCC)C(C)(C)CCCCCCCCCCC. The van der Waals surface area contributed by atoms with Gasteiger partial charge in [0.25, 0.3) is 0 Å². The van der Waals surface area contributed by atoms with E-state index in [4.69, 9.17) is 0 Å². The highest BCUT2D eigenvalue weighted by atomic mass is 15.4. The molecule has 0 bridgehead atoms. The molecule has 1 heteroatoms. The first-order valence-corrected chi connectivity index (χ1v) is 19.3. The molecule has 0 aromatic carbocycles. The van der Waals surface area contributed by atoms with Crippen LogP contribution in [0.25, 0.3) is 0 Å². The lowest BCUT2D eigenvalue weighted by Crippen LogP contribution is -2.59. The van der Waals surface area contributed by atoms with Crippen LogP contribution in [-0.4, -0.2) is 30.2 Å². The molecule has 0 aromatic rings. The first-order valence-electron chi connectivity index (χ1n) is 19.3. The smallest absolute Gasteiger partial charge is 0.0933 e. The topological polar surface area (TPSA) is 0 Å². The minimum Gasteiger partial charge on any atom is -0.322 e. The number of unbranched alkanes of at least 4 members (excludes halogenated alkanes) is 26. The Balaban J connectivity index is 4.42. The van der Waals surface area contributed by atoms with Crippen LogP contribution in [0.5, 0.6) is 0 Å². The van der Waals surface area contributed by atoms with Gasteiger partial charge in [-0.25, -0.2) is 0 Å². The van der Waals surface area contributed by atoms with Crippen LogP contribution in [0, 0.1) is 0 Å². The summed E-state index contributed by atoms with van der Waals surface area (Å²) in [5.41, 5.74) is 0.416. The van der Waals surface area contributed by atoms with Gasteiger partial charge in [0.05, 0.1) is 25.7 Å². The zero-order chi connectivity index (χ0) is 29.6. The molecule has 0 saturated carbocycles. The van der Waals surface area contributed by atoms with E-state index in [0.717, 1.165) is 0 Å². The van der Waals surface area contributed by atoms with Gasteiger partial charge in [-0.3, -0.25) is 0 Å². The number of hydrogen-bond acceptors (Lipinski definition) is 0. The fourth-order valence-corrected chi connectivity index (χ4v) is 6.75. The van der Waals surface area contributed by atoms with Crippen LogP contribution in [0.2, 0.25) is 0 Å². The molecule has 0 aliphatic heterocycles. The van der Waals surface area contributed by atoms with Crippen LogP contribution in [0.3, 0.4) is 0 Å². The first kappa shape index (κ1) is 40.0. The maximum atomic E-state index is 2.63. The van der Waals surface area contributed by atoms with Crippen molar-refractivity contribution >= 4 is 0 Å². The van der Waals surface area contributed by atoms with Gasteiger partial charge in [0.1, 0.15) is 0 Å². The van der Waals surface area contributed by atoms with Gasteiger partial charge in [0.2, 0.25) is 0 Å². The van der Waals surface area contributed by atoms with Crippen molar-refractivity contribution in [3.63, 3.8) is 0 Å². The fourth-order valence-electron chi connectivity index (χ4n) is 6.75. The lowest BCUT2D eigenvalue weighted by atomic mass is 9.90. The lowest BCUT2D eigenvalue weighted by Gasteiger charge is -2.48. The van der Waals surface area contributed by atoms with Gasteiger partial charge >= 0.3 is 0 Å². The Morgan fingerprint density at radius 3 is 0.825 bits per heavy atom. The standard InChI is InChI=1S/C39H82N/c1-7-10-13-16-19-22-25-28-31-34-37-40(6,38-35-32-29-26-23-20-17-14-11-8-2)39(4,5)36-33-30-27-24-21-18-15-12-9-3/h7-38H2,1-6H3/q+1. The van der Waals surface area contributed by atoms with E-state index in [1.54, 1.807) is 0 Å². The third kappa shape index (κ3) is 23.5. The Morgan fingerprint density at radius 1 is 0.325 bits per heavy atom. The predicted molar refractivity (Wildman–Crippen MR) is 186 cm³/mol. The molecule has 0 saturated heterocycles. The summed E-state index contributed by atoms with van der Waals surface area (Å²) in [7, 11) is 2.63. The third-order valence-electron chi connectivity index (χ3n) is 10.4. The monoisotopic (exact) mass is 565 g/mol. The van der Waals surface area contributed by atoms with Crippen LogP contribution >= 0.6 is 0 Å². The van der Waals surface area contributed by atoms with Gasteiger partial charge in [-0.1, -0.05) is 175 Å². The van der Waals surface area contributed by atoms with Gasteiger partial charge < -0.3 is 4.48 Å². The molecule has 0 N–H and O–H groups in total. The van der Waals surface area contributed by atoms with Crippen molar-refractivity contribution in [1.82, 2.24) is 0 Å². The predicted octanol–water partition coefficient (Wildman–Crippen LogP) is 14.0. The Kier molecular flexibility index (Phi) is 29.0. The fraction of sp³-hybridized carbons (Fsp3) is 1.00. The van der Waals surface area contributed by atoms with Gasteiger partial charge in [-0.05, 0) is 46.0 Å². The highest BCUT2D eigenvalue weighted by Gasteiger charge is 2.38. The summed E-state index contributed by atoms with van der Waals surface area (Å²) in [6, 6.07) is 0. The van der Waals surface area contributed by atoms with Crippen molar-refractivity contribution in [3.8, 4) is 0 Å². The number of quaternary nitrogens is 1. The zero-order valence-corrected chi connectivity index (χ0v) is 29.6. The van der Waals surface area contributed by atoms with Crippen molar-refractivity contribution in [2.45, 2.75) is 233 Å². The molecule has 0 spiro atoms. The van der Waals surface area contributed by atoms with Crippen molar-refractivity contribution in [2.75, 3.05) is 20.1 Å². The van der Waals surface area contributed by atoms with E-state index in [1.807, 2.05) is 0 Å². The minimum atomic E-state index is 0.416. The second-order valence-corrected chi connectivity index (χ2v) is 14.6. The van der Waals surface area contributed by atoms with E-state index in [2.05, 4.69) is 41.7 Å². The summed E-state index contributed by atoms with van der Waals surface area (Å²) in [6.07, 6.45) is 43.4. The van der Waals surface area contributed by atoms with E-state index in [9.17, 15) is 0 Å². The van der Waals surface area contributed by atoms with E-state index in [1.165, 1.54) is 210 Å². The highest BCUT2D eigenvalue weighted by molar-refractivity contribution is 4.71. The number of rotatable bonds is 33. The van der Waals surface area contributed by atoms with Gasteiger partial charge in [-0.2, -0.15) is 0 Å². The normalized spacial score (nSPS) is 12.4. The molecule has 1 nitrogen and oxygen atoms in total. The van der Waals surface area contributed by atoms with E-state index in [0.29, 0.717) is 5.54 Å². The summed E-state index contributed by atoms with van der Waals surface area (Å²) in [6.45, 7) is 15.0. The summed E-state index contributed by atoms with van der Waals surface area (Å²) >= 11 is 0. The molecule has 0 atom stereocenters. The second kappa shape index (κ2) is 29.1. The summed E-state index contributed by atoms with van der Waals surface area (Å²) < 4.78 is 1.32.